The molecule has 1 rings (SSSR count). The van der Waals surface area contributed by atoms with Crippen molar-refractivity contribution in [1.29, 1.82) is 0 Å². The Morgan fingerprint density at radius 2 is 1.36 bits per heavy atom. The Morgan fingerprint density at radius 1 is 1.00 bits per heavy atom. The van der Waals surface area contributed by atoms with Crippen LogP contribution in [-0.4, -0.2) is 48.1 Å². The summed E-state index contributed by atoms with van der Waals surface area (Å²) in [7, 11) is 0. The number of hydrogen-bond acceptors (Lipinski definition) is 2. The van der Waals surface area contributed by atoms with Crippen LogP contribution in [0.4, 0.5) is 0 Å². The molecule has 1 aliphatic rings. The third-order valence-electron chi connectivity index (χ3n) is 2.97. The molecule has 0 N–H and O–H groups in total. The minimum Gasteiger partial charge on any atom is -0.294 e. The highest BCUT2D eigenvalue weighted by Gasteiger charge is 2.26. The van der Waals surface area contributed by atoms with Gasteiger partial charge in [-0.05, 0) is 13.8 Å². The lowest BCUT2D eigenvalue weighted by atomic mass is 10.1. The Balaban J connectivity index is 2.51. The molecule has 0 aliphatic carbocycles. The molecule has 0 aromatic heterocycles. The van der Waals surface area contributed by atoms with Crippen molar-refractivity contribution in [1.82, 2.24) is 9.80 Å². The van der Waals surface area contributed by atoms with Crippen LogP contribution >= 0.6 is 0 Å². The Kier molecular flexibility index (Phi) is 4.36. The molecule has 14 heavy (non-hydrogen) atoms. The van der Waals surface area contributed by atoms with E-state index in [2.05, 4.69) is 36.8 Å². The topological polar surface area (TPSA) is 6.48 Å². The maximum Gasteiger partial charge on any atom is 0.0199 e. The Hall–Kier alpha value is -0.600. The van der Waals surface area contributed by atoms with Crippen molar-refractivity contribution < 1.29 is 0 Å². The highest BCUT2D eigenvalue weighted by molar-refractivity contribution is 4.90. The van der Waals surface area contributed by atoms with Crippen molar-refractivity contribution in [3.63, 3.8) is 0 Å². The van der Waals surface area contributed by atoms with Crippen LogP contribution in [0.3, 0.4) is 0 Å². The van der Waals surface area contributed by atoms with Gasteiger partial charge in [0.2, 0.25) is 0 Å². The van der Waals surface area contributed by atoms with Gasteiger partial charge in [-0.2, -0.15) is 0 Å². The quantitative estimate of drug-likeness (QED) is 0.629. The molecule has 0 aromatic carbocycles. The Morgan fingerprint density at radius 3 is 1.64 bits per heavy atom. The van der Waals surface area contributed by atoms with Gasteiger partial charge in [0.05, 0.1) is 0 Å². The fraction of sp³-hybridized carbons (Fsp3) is 0.667. The summed E-state index contributed by atoms with van der Waals surface area (Å²) in [6, 6.07) is 1.26. The van der Waals surface area contributed by atoms with Crippen LogP contribution in [-0.2, 0) is 0 Å². The van der Waals surface area contributed by atoms with Gasteiger partial charge < -0.3 is 0 Å². The molecule has 2 unspecified atom stereocenters. The molecule has 2 atom stereocenters. The zero-order valence-electron chi connectivity index (χ0n) is 9.45. The van der Waals surface area contributed by atoms with E-state index < -0.39 is 0 Å². The fourth-order valence-corrected chi connectivity index (χ4v) is 2.11. The normalized spacial score (nSPS) is 30.1. The van der Waals surface area contributed by atoms with Crippen LogP contribution in [0.1, 0.15) is 13.8 Å². The van der Waals surface area contributed by atoms with E-state index in [4.69, 9.17) is 0 Å². The minimum absolute atomic E-state index is 0.629. The molecule has 0 bridgehead atoms. The summed E-state index contributed by atoms with van der Waals surface area (Å²) in [5, 5.41) is 0. The molecule has 1 heterocycles. The standard InChI is InChI=1S/C12H22N2/c1-5-7-13-9-12(4)14(8-6-2)10-11(13)3/h5-6,11-12H,1-2,7-10H2,3-4H3. The summed E-state index contributed by atoms with van der Waals surface area (Å²) >= 11 is 0. The van der Waals surface area contributed by atoms with E-state index >= 15 is 0 Å². The van der Waals surface area contributed by atoms with Crippen molar-refractivity contribution in [2.75, 3.05) is 26.2 Å². The van der Waals surface area contributed by atoms with Gasteiger partial charge in [0, 0.05) is 38.3 Å². The molecule has 1 fully saturated rings. The van der Waals surface area contributed by atoms with Gasteiger partial charge in [-0.1, -0.05) is 12.2 Å². The molecular weight excluding hydrogens is 172 g/mol. The van der Waals surface area contributed by atoms with Crippen molar-refractivity contribution >= 4 is 0 Å². The van der Waals surface area contributed by atoms with E-state index in [1.807, 2.05) is 12.2 Å². The average molecular weight is 194 g/mol. The molecular formula is C12H22N2. The first-order chi connectivity index (χ1) is 6.69. The highest BCUT2D eigenvalue weighted by Crippen LogP contribution is 2.14. The predicted octanol–water partition coefficient (Wildman–Crippen LogP) is 1.75. The first-order valence-electron chi connectivity index (χ1n) is 5.39. The van der Waals surface area contributed by atoms with Crippen LogP contribution < -0.4 is 0 Å². The molecule has 80 valence electrons. The van der Waals surface area contributed by atoms with E-state index in [0.29, 0.717) is 12.1 Å². The second kappa shape index (κ2) is 5.32. The fourth-order valence-electron chi connectivity index (χ4n) is 2.11. The molecule has 0 radical (unpaired) electrons. The van der Waals surface area contributed by atoms with Gasteiger partial charge in [0.1, 0.15) is 0 Å². The minimum atomic E-state index is 0.629. The van der Waals surface area contributed by atoms with Crippen molar-refractivity contribution in [3.8, 4) is 0 Å². The summed E-state index contributed by atoms with van der Waals surface area (Å²) < 4.78 is 0. The number of nitrogens with zero attached hydrogens (tertiary/aromatic N) is 2. The second-order valence-corrected chi connectivity index (χ2v) is 4.18. The van der Waals surface area contributed by atoms with E-state index in [1.165, 1.54) is 0 Å². The molecule has 0 saturated carbocycles. The maximum atomic E-state index is 3.80. The van der Waals surface area contributed by atoms with Crippen LogP contribution in [0.2, 0.25) is 0 Å². The summed E-state index contributed by atoms with van der Waals surface area (Å²) in [4.78, 5) is 4.97. The lowest BCUT2D eigenvalue weighted by Gasteiger charge is -2.43. The van der Waals surface area contributed by atoms with Gasteiger partial charge in [-0.25, -0.2) is 0 Å². The molecule has 2 nitrogen and oxygen atoms in total. The summed E-state index contributed by atoms with van der Waals surface area (Å²) in [5.74, 6) is 0. The Labute approximate surface area is 87.9 Å². The van der Waals surface area contributed by atoms with Crippen molar-refractivity contribution in [2.24, 2.45) is 0 Å². The number of hydrogen-bond donors (Lipinski definition) is 0. The highest BCUT2D eigenvalue weighted by atomic mass is 15.3. The smallest absolute Gasteiger partial charge is 0.0199 e. The monoisotopic (exact) mass is 194 g/mol. The molecule has 1 aliphatic heterocycles. The summed E-state index contributed by atoms with van der Waals surface area (Å²) in [6.45, 7) is 16.5. The molecule has 0 aromatic rings. The summed E-state index contributed by atoms with van der Waals surface area (Å²) in [5.41, 5.74) is 0. The molecule has 1 saturated heterocycles. The zero-order chi connectivity index (χ0) is 10.6. The van der Waals surface area contributed by atoms with E-state index in [-0.39, 0.29) is 0 Å². The SMILES string of the molecule is C=CCN1CC(C)N(CC=C)CC1C. The van der Waals surface area contributed by atoms with Crippen molar-refractivity contribution in [2.45, 2.75) is 25.9 Å². The lowest BCUT2D eigenvalue weighted by Crippen LogP contribution is -2.56. The van der Waals surface area contributed by atoms with E-state index in [9.17, 15) is 0 Å². The van der Waals surface area contributed by atoms with Crippen molar-refractivity contribution in [3.05, 3.63) is 25.3 Å². The maximum absolute atomic E-state index is 3.80. The first-order valence-corrected chi connectivity index (χ1v) is 5.39. The predicted molar refractivity (Wildman–Crippen MR) is 62.5 cm³/mol. The van der Waals surface area contributed by atoms with Crippen LogP contribution in [0.15, 0.2) is 25.3 Å². The zero-order valence-corrected chi connectivity index (χ0v) is 9.45. The van der Waals surface area contributed by atoms with Gasteiger partial charge in [0.25, 0.3) is 0 Å². The third kappa shape index (κ3) is 2.69. The van der Waals surface area contributed by atoms with Crippen LogP contribution in [0.25, 0.3) is 0 Å². The number of rotatable bonds is 4. The van der Waals surface area contributed by atoms with Gasteiger partial charge in [-0.15, -0.1) is 13.2 Å². The first kappa shape index (κ1) is 11.5. The number of piperazine rings is 1. The second-order valence-electron chi connectivity index (χ2n) is 4.18. The third-order valence-corrected chi connectivity index (χ3v) is 2.97. The van der Waals surface area contributed by atoms with Gasteiger partial charge >= 0.3 is 0 Å². The van der Waals surface area contributed by atoms with E-state index in [0.717, 1.165) is 26.2 Å². The average Bonchev–Trinajstić information content (AvgIpc) is 2.14. The molecule has 0 amide bonds. The Bertz CT molecular complexity index is 178. The van der Waals surface area contributed by atoms with Gasteiger partial charge in [-0.3, -0.25) is 9.80 Å². The molecule has 2 heteroatoms. The molecule has 0 spiro atoms. The van der Waals surface area contributed by atoms with Gasteiger partial charge in [0.15, 0.2) is 0 Å². The van der Waals surface area contributed by atoms with E-state index in [1.54, 1.807) is 0 Å². The lowest BCUT2D eigenvalue weighted by molar-refractivity contribution is 0.0588. The summed E-state index contributed by atoms with van der Waals surface area (Å²) in [6.07, 6.45) is 3.98. The largest absolute Gasteiger partial charge is 0.294 e. The van der Waals surface area contributed by atoms with Crippen LogP contribution in [0, 0.1) is 0 Å². The van der Waals surface area contributed by atoms with Crippen LogP contribution in [0.5, 0.6) is 0 Å².